The molecule has 1 fully saturated rings. The van der Waals surface area contributed by atoms with Crippen molar-refractivity contribution < 1.29 is 0 Å². The van der Waals surface area contributed by atoms with Gasteiger partial charge in [-0.3, -0.25) is 4.90 Å². The van der Waals surface area contributed by atoms with Crippen molar-refractivity contribution in [1.82, 2.24) is 4.90 Å². The third-order valence-electron chi connectivity index (χ3n) is 3.00. The molecular weight excluding hydrogens is 170 g/mol. The zero-order valence-corrected chi connectivity index (χ0v) is 9.42. The zero-order chi connectivity index (χ0) is 10.6. The summed E-state index contributed by atoms with van der Waals surface area (Å²) in [6.45, 7) is 14.7. The summed E-state index contributed by atoms with van der Waals surface area (Å²) >= 11 is 0. The maximum absolute atomic E-state index is 4.14. The second-order valence-electron chi connectivity index (χ2n) is 3.76. The van der Waals surface area contributed by atoms with Crippen LogP contribution in [0.5, 0.6) is 0 Å². The van der Waals surface area contributed by atoms with Crippen molar-refractivity contribution in [2.45, 2.75) is 32.7 Å². The standard InChI is InChI=1S/C13H21N/c1-5-8-12-11(4)9-10-14(7-3)13(12)6-2/h5,8,13H,1,4,6-7,9-10H2,2-3H3/b12-8+. The maximum Gasteiger partial charge on any atom is 0.0348 e. The Hall–Kier alpha value is -0.820. The highest BCUT2D eigenvalue weighted by molar-refractivity contribution is 5.37. The monoisotopic (exact) mass is 191 g/mol. The van der Waals surface area contributed by atoms with Crippen molar-refractivity contribution in [3.05, 3.63) is 36.5 Å². The molecule has 1 heterocycles. The minimum atomic E-state index is 0.555. The van der Waals surface area contributed by atoms with E-state index < -0.39 is 0 Å². The summed E-state index contributed by atoms with van der Waals surface area (Å²) in [6.07, 6.45) is 6.26. The van der Waals surface area contributed by atoms with Crippen molar-refractivity contribution in [3.8, 4) is 0 Å². The number of allylic oxidation sites excluding steroid dienone is 2. The fourth-order valence-corrected chi connectivity index (χ4v) is 2.22. The SMILES string of the molecule is C=C/C=C1\C(=C)CCN(CC)C1CC. The molecule has 1 atom stereocenters. The van der Waals surface area contributed by atoms with E-state index in [1.807, 2.05) is 6.08 Å². The lowest BCUT2D eigenvalue weighted by Crippen LogP contribution is -2.41. The first kappa shape index (κ1) is 11.3. The molecule has 0 aliphatic carbocycles. The molecule has 0 N–H and O–H groups in total. The van der Waals surface area contributed by atoms with Gasteiger partial charge in [-0.2, -0.15) is 0 Å². The second-order valence-corrected chi connectivity index (χ2v) is 3.76. The van der Waals surface area contributed by atoms with Crippen LogP contribution < -0.4 is 0 Å². The molecule has 1 aliphatic heterocycles. The van der Waals surface area contributed by atoms with E-state index in [4.69, 9.17) is 0 Å². The first-order chi connectivity index (χ1) is 6.74. The van der Waals surface area contributed by atoms with Gasteiger partial charge in [0.1, 0.15) is 0 Å². The molecule has 14 heavy (non-hydrogen) atoms. The van der Waals surface area contributed by atoms with E-state index in [2.05, 4.69) is 38.0 Å². The first-order valence-electron chi connectivity index (χ1n) is 5.49. The van der Waals surface area contributed by atoms with Gasteiger partial charge in [-0.05, 0) is 30.5 Å². The molecule has 1 saturated heterocycles. The predicted molar refractivity (Wildman–Crippen MR) is 63.4 cm³/mol. The van der Waals surface area contributed by atoms with Gasteiger partial charge in [-0.25, -0.2) is 0 Å². The fourth-order valence-electron chi connectivity index (χ4n) is 2.22. The van der Waals surface area contributed by atoms with Crippen LogP contribution in [0, 0.1) is 0 Å². The van der Waals surface area contributed by atoms with Gasteiger partial charge < -0.3 is 0 Å². The number of likely N-dealkylation sites (N-methyl/N-ethyl adjacent to an activating group) is 1. The molecule has 1 rings (SSSR count). The van der Waals surface area contributed by atoms with Gasteiger partial charge in [-0.15, -0.1) is 0 Å². The van der Waals surface area contributed by atoms with Gasteiger partial charge in [0, 0.05) is 12.6 Å². The molecule has 0 spiro atoms. The van der Waals surface area contributed by atoms with Crippen molar-refractivity contribution in [2.24, 2.45) is 0 Å². The Morgan fingerprint density at radius 3 is 2.71 bits per heavy atom. The van der Waals surface area contributed by atoms with E-state index in [0.717, 1.165) is 25.9 Å². The molecule has 0 aromatic heterocycles. The van der Waals surface area contributed by atoms with Gasteiger partial charge in [0.2, 0.25) is 0 Å². The van der Waals surface area contributed by atoms with Crippen LogP contribution in [0.2, 0.25) is 0 Å². The molecule has 78 valence electrons. The van der Waals surface area contributed by atoms with Crippen LogP contribution in [0.4, 0.5) is 0 Å². The molecule has 0 bridgehead atoms. The minimum Gasteiger partial charge on any atom is -0.296 e. The van der Waals surface area contributed by atoms with E-state index in [-0.39, 0.29) is 0 Å². The fraction of sp³-hybridized carbons (Fsp3) is 0.538. The van der Waals surface area contributed by atoms with E-state index in [1.54, 1.807) is 0 Å². The van der Waals surface area contributed by atoms with E-state index >= 15 is 0 Å². The Morgan fingerprint density at radius 2 is 2.21 bits per heavy atom. The Labute approximate surface area is 87.8 Å². The Balaban J connectivity index is 2.90. The summed E-state index contributed by atoms with van der Waals surface area (Å²) in [7, 11) is 0. The van der Waals surface area contributed by atoms with Gasteiger partial charge in [0.25, 0.3) is 0 Å². The number of nitrogens with zero attached hydrogens (tertiary/aromatic N) is 1. The quantitative estimate of drug-likeness (QED) is 0.662. The van der Waals surface area contributed by atoms with Crippen molar-refractivity contribution in [2.75, 3.05) is 13.1 Å². The smallest absolute Gasteiger partial charge is 0.0348 e. The molecule has 1 heteroatoms. The summed E-state index contributed by atoms with van der Waals surface area (Å²) in [4.78, 5) is 2.52. The summed E-state index contributed by atoms with van der Waals surface area (Å²) in [5.74, 6) is 0. The van der Waals surface area contributed by atoms with Crippen LogP contribution in [0.25, 0.3) is 0 Å². The molecule has 0 aromatic carbocycles. The first-order valence-corrected chi connectivity index (χ1v) is 5.49. The Kier molecular flexibility index (Phi) is 4.15. The van der Waals surface area contributed by atoms with Gasteiger partial charge >= 0.3 is 0 Å². The molecule has 1 aliphatic rings. The van der Waals surface area contributed by atoms with E-state index in [9.17, 15) is 0 Å². The lowest BCUT2D eigenvalue weighted by Gasteiger charge is -2.37. The molecule has 0 radical (unpaired) electrons. The van der Waals surface area contributed by atoms with Crippen LogP contribution in [0.1, 0.15) is 26.7 Å². The Morgan fingerprint density at radius 1 is 1.50 bits per heavy atom. The average molecular weight is 191 g/mol. The third-order valence-corrected chi connectivity index (χ3v) is 3.00. The lowest BCUT2D eigenvalue weighted by atomic mass is 9.89. The van der Waals surface area contributed by atoms with Crippen LogP contribution in [-0.4, -0.2) is 24.0 Å². The predicted octanol–water partition coefficient (Wildman–Crippen LogP) is 3.16. The number of hydrogen-bond donors (Lipinski definition) is 0. The summed E-state index contributed by atoms with van der Waals surface area (Å²) < 4.78 is 0. The molecule has 1 unspecified atom stereocenters. The van der Waals surface area contributed by atoms with Crippen molar-refractivity contribution >= 4 is 0 Å². The topological polar surface area (TPSA) is 3.24 Å². The zero-order valence-electron chi connectivity index (χ0n) is 9.42. The lowest BCUT2D eigenvalue weighted by molar-refractivity contribution is 0.215. The molecule has 1 nitrogen and oxygen atoms in total. The second kappa shape index (κ2) is 5.16. The van der Waals surface area contributed by atoms with Crippen LogP contribution in [0.15, 0.2) is 36.5 Å². The van der Waals surface area contributed by atoms with E-state index in [1.165, 1.54) is 11.1 Å². The largest absolute Gasteiger partial charge is 0.296 e. The highest BCUT2D eigenvalue weighted by atomic mass is 15.2. The van der Waals surface area contributed by atoms with Crippen molar-refractivity contribution in [1.29, 1.82) is 0 Å². The average Bonchev–Trinajstić information content (AvgIpc) is 2.21. The van der Waals surface area contributed by atoms with Crippen LogP contribution in [-0.2, 0) is 0 Å². The number of piperidine rings is 1. The maximum atomic E-state index is 4.14. The van der Waals surface area contributed by atoms with E-state index in [0.29, 0.717) is 6.04 Å². The normalized spacial score (nSPS) is 26.9. The summed E-state index contributed by atoms with van der Waals surface area (Å²) in [5, 5.41) is 0. The Bertz CT molecular complexity index is 250. The molecule has 0 aromatic rings. The third kappa shape index (κ3) is 2.16. The van der Waals surface area contributed by atoms with Crippen LogP contribution in [0.3, 0.4) is 0 Å². The van der Waals surface area contributed by atoms with Gasteiger partial charge in [-0.1, -0.05) is 39.2 Å². The van der Waals surface area contributed by atoms with Gasteiger partial charge in [0.15, 0.2) is 0 Å². The van der Waals surface area contributed by atoms with Crippen LogP contribution >= 0.6 is 0 Å². The number of rotatable bonds is 3. The molecule has 0 saturated carbocycles. The number of likely N-dealkylation sites (tertiary alicyclic amines) is 1. The van der Waals surface area contributed by atoms with Crippen molar-refractivity contribution in [3.63, 3.8) is 0 Å². The number of hydrogen-bond acceptors (Lipinski definition) is 1. The summed E-state index contributed by atoms with van der Waals surface area (Å²) in [6, 6.07) is 0.555. The minimum absolute atomic E-state index is 0.555. The highest BCUT2D eigenvalue weighted by Gasteiger charge is 2.25. The summed E-state index contributed by atoms with van der Waals surface area (Å²) in [5.41, 5.74) is 2.68. The highest BCUT2D eigenvalue weighted by Crippen LogP contribution is 2.28. The molecular formula is C13H21N. The molecule has 0 amide bonds. The van der Waals surface area contributed by atoms with Gasteiger partial charge in [0.05, 0.1) is 0 Å².